The van der Waals surface area contributed by atoms with Gasteiger partial charge in [-0.1, -0.05) is 0 Å². The normalized spacial score (nSPS) is 30.8. The predicted octanol–water partition coefficient (Wildman–Crippen LogP) is 0.814. The number of nitrogens with one attached hydrogen (secondary N) is 1. The van der Waals surface area contributed by atoms with Gasteiger partial charge < -0.3 is 14.7 Å². The molecule has 1 saturated carbocycles. The number of carbonyl (C=O) groups is 3. The van der Waals surface area contributed by atoms with Gasteiger partial charge in [0.05, 0.1) is 5.60 Å². The van der Waals surface area contributed by atoms with Crippen LogP contribution in [-0.2, 0) is 16.1 Å². The van der Waals surface area contributed by atoms with Crippen molar-refractivity contribution in [2.45, 2.75) is 69.4 Å². The van der Waals surface area contributed by atoms with Crippen molar-refractivity contribution >= 4 is 17.7 Å². The first-order valence-corrected chi connectivity index (χ1v) is 10.7. The number of piperidine rings is 1. The van der Waals surface area contributed by atoms with Crippen LogP contribution in [0.1, 0.15) is 54.9 Å². The first-order chi connectivity index (χ1) is 14.3. The molecule has 1 aromatic rings. The molecule has 0 spiro atoms. The lowest BCUT2D eigenvalue weighted by Crippen LogP contribution is -2.64. The SMILES string of the molecule is CC1(O)CN([C@@H]2CCC[C@H]2Oc2ccc3c(c2)CN(C2CCC(=O)NC2=O)C3=O)C1. The van der Waals surface area contributed by atoms with Crippen molar-refractivity contribution in [3.8, 4) is 5.75 Å². The molecular weight excluding hydrogens is 386 g/mol. The third-order valence-corrected chi connectivity index (χ3v) is 6.76. The van der Waals surface area contributed by atoms with Crippen LogP contribution in [0, 0.1) is 0 Å². The number of amides is 3. The van der Waals surface area contributed by atoms with Crippen LogP contribution in [0.15, 0.2) is 18.2 Å². The summed E-state index contributed by atoms with van der Waals surface area (Å²) in [6.07, 6.45) is 3.81. The van der Waals surface area contributed by atoms with E-state index in [1.54, 1.807) is 11.0 Å². The average Bonchev–Trinajstić information content (AvgIpc) is 3.24. The molecule has 5 rings (SSSR count). The standard InChI is InChI=1S/C22H27N3O5/c1-22(29)11-24(12-22)16-3-2-4-18(16)30-14-5-6-15-13(9-14)10-25(21(15)28)17-7-8-19(26)23-20(17)27/h5-6,9,16-18,29H,2-4,7-8,10-12H2,1H3,(H,23,26,27)/t16-,17?,18-/m1/s1. The Bertz CT molecular complexity index is 906. The van der Waals surface area contributed by atoms with E-state index in [9.17, 15) is 19.5 Å². The minimum Gasteiger partial charge on any atom is -0.489 e. The van der Waals surface area contributed by atoms with Gasteiger partial charge in [-0.15, -0.1) is 0 Å². The van der Waals surface area contributed by atoms with Crippen LogP contribution in [0.25, 0.3) is 0 Å². The van der Waals surface area contributed by atoms with Crippen LogP contribution in [0.2, 0.25) is 0 Å². The van der Waals surface area contributed by atoms with Gasteiger partial charge in [0.1, 0.15) is 17.9 Å². The molecule has 4 aliphatic rings. The summed E-state index contributed by atoms with van der Waals surface area (Å²) in [5.41, 5.74) is 0.845. The van der Waals surface area contributed by atoms with Gasteiger partial charge in [0, 0.05) is 37.7 Å². The highest BCUT2D eigenvalue weighted by Crippen LogP contribution is 2.35. The summed E-state index contributed by atoms with van der Waals surface area (Å²) in [5, 5.41) is 12.4. The smallest absolute Gasteiger partial charge is 0.255 e. The van der Waals surface area contributed by atoms with E-state index in [1.165, 1.54) is 0 Å². The molecule has 1 aromatic carbocycles. The van der Waals surface area contributed by atoms with Crippen molar-refractivity contribution in [1.82, 2.24) is 15.1 Å². The number of ether oxygens (including phenoxy) is 1. The Morgan fingerprint density at radius 1 is 1.17 bits per heavy atom. The Morgan fingerprint density at radius 2 is 1.97 bits per heavy atom. The molecule has 0 aromatic heterocycles. The molecule has 3 fully saturated rings. The van der Waals surface area contributed by atoms with E-state index in [2.05, 4.69) is 10.2 Å². The number of β-amino-alcohol motifs (C(OH)–C–C–N with tert-alkyl or cyclic N) is 1. The minimum atomic E-state index is -0.606. The van der Waals surface area contributed by atoms with Gasteiger partial charge in [0.15, 0.2) is 0 Å². The Kier molecular flexibility index (Phi) is 4.59. The Balaban J connectivity index is 1.28. The van der Waals surface area contributed by atoms with E-state index in [1.807, 2.05) is 19.1 Å². The molecule has 0 bridgehead atoms. The number of aliphatic hydroxyl groups is 1. The van der Waals surface area contributed by atoms with Gasteiger partial charge in [-0.05, 0) is 56.4 Å². The number of rotatable bonds is 4. The molecule has 160 valence electrons. The monoisotopic (exact) mass is 413 g/mol. The van der Waals surface area contributed by atoms with E-state index >= 15 is 0 Å². The highest BCUT2D eigenvalue weighted by molar-refractivity contribution is 6.05. The highest BCUT2D eigenvalue weighted by atomic mass is 16.5. The lowest BCUT2D eigenvalue weighted by molar-refractivity contribution is -0.136. The van der Waals surface area contributed by atoms with Crippen molar-refractivity contribution in [3.05, 3.63) is 29.3 Å². The van der Waals surface area contributed by atoms with Crippen LogP contribution in [-0.4, -0.2) is 69.5 Å². The summed E-state index contributed by atoms with van der Waals surface area (Å²) in [6.45, 7) is 3.56. The maximum absolute atomic E-state index is 12.8. The number of imide groups is 1. The maximum Gasteiger partial charge on any atom is 0.255 e. The molecule has 2 saturated heterocycles. The molecule has 3 atom stereocenters. The molecule has 1 aliphatic carbocycles. The van der Waals surface area contributed by atoms with Crippen molar-refractivity contribution in [2.75, 3.05) is 13.1 Å². The molecule has 3 heterocycles. The van der Waals surface area contributed by atoms with Crippen molar-refractivity contribution in [2.24, 2.45) is 0 Å². The second-order valence-corrected chi connectivity index (χ2v) is 9.28. The predicted molar refractivity (Wildman–Crippen MR) is 107 cm³/mol. The van der Waals surface area contributed by atoms with E-state index in [4.69, 9.17) is 4.74 Å². The van der Waals surface area contributed by atoms with Gasteiger partial charge in [0.2, 0.25) is 11.8 Å². The molecule has 3 aliphatic heterocycles. The molecule has 0 radical (unpaired) electrons. The topological polar surface area (TPSA) is 99.2 Å². The molecule has 30 heavy (non-hydrogen) atoms. The minimum absolute atomic E-state index is 0.0718. The zero-order chi connectivity index (χ0) is 21.0. The maximum atomic E-state index is 12.8. The molecule has 8 nitrogen and oxygen atoms in total. The quantitative estimate of drug-likeness (QED) is 0.709. The highest BCUT2D eigenvalue weighted by Gasteiger charge is 2.45. The van der Waals surface area contributed by atoms with Gasteiger partial charge in [-0.3, -0.25) is 24.6 Å². The fraction of sp³-hybridized carbons (Fsp3) is 0.591. The Hall–Kier alpha value is -2.45. The largest absolute Gasteiger partial charge is 0.489 e. The van der Waals surface area contributed by atoms with Crippen molar-refractivity contribution in [1.29, 1.82) is 0 Å². The van der Waals surface area contributed by atoms with Gasteiger partial charge in [0.25, 0.3) is 5.91 Å². The van der Waals surface area contributed by atoms with Crippen LogP contribution in [0.3, 0.4) is 0 Å². The summed E-state index contributed by atoms with van der Waals surface area (Å²) in [4.78, 5) is 40.3. The summed E-state index contributed by atoms with van der Waals surface area (Å²) >= 11 is 0. The van der Waals surface area contributed by atoms with E-state index < -0.39 is 17.6 Å². The van der Waals surface area contributed by atoms with Crippen LogP contribution >= 0.6 is 0 Å². The van der Waals surface area contributed by atoms with Gasteiger partial charge in [-0.2, -0.15) is 0 Å². The summed E-state index contributed by atoms with van der Waals surface area (Å²) < 4.78 is 6.31. The number of hydrogen-bond acceptors (Lipinski definition) is 6. The summed E-state index contributed by atoms with van der Waals surface area (Å²) in [7, 11) is 0. The number of hydrogen-bond donors (Lipinski definition) is 2. The lowest BCUT2D eigenvalue weighted by Gasteiger charge is -2.48. The first-order valence-electron chi connectivity index (χ1n) is 10.7. The third kappa shape index (κ3) is 3.37. The Morgan fingerprint density at radius 3 is 2.70 bits per heavy atom. The third-order valence-electron chi connectivity index (χ3n) is 6.76. The summed E-state index contributed by atoms with van der Waals surface area (Å²) in [6, 6.07) is 5.20. The fourth-order valence-corrected chi connectivity index (χ4v) is 5.32. The van der Waals surface area contributed by atoms with E-state index in [-0.39, 0.29) is 24.3 Å². The number of likely N-dealkylation sites (tertiary alicyclic amines) is 1. The lowest BCUT2D eigenvalue weighted by atomic mass is 9.93. The second kappa shape index (κ2) is 7.06. The van der Waals surface area contributed by atoms with E-state index in [0.29, 0.717) is 37.7 Å². The molecule has 3 amide bonds. The van der Waals surface area contributed by atoms with Crippen LogP contribution in [0.4, 0.5) is 0 Å². The first kappa shape index (κ1) is 19.5. The second-order valence-electron chi connectivity index (χ2n) is 9.28. The van der Waals surface area contributed by atoms with Crippen molar-refractivity contribution in [3.63, 3.8) is 0 Å². The summed E-state index contributed by atoms with van der Waals surface area (Å²) in [5.74, 6) is -0.127. The molecule has 2 N–H and O–H groups in total. The number of fused-ring (bicyclic) bond motifs is 1. The van der Waals surface area contributed by atoms with Crippen LogP contribution < -0.4 is 10.1 Å². The van der Waals surface area contributed by atoms with Crippen LogP contribution in [0.5, 0.6) is 5.75 Å². The molecule has 8 heteroatoms. The number of benzene rings is 1. The van der Waals surface area contributed by atoms with Gasteiger partial charge >= 0.3 is 0 Å². The molecule has 1 unspecified atom stereocenters. The molecular formula is C22H27N3O5. The van der Waals surface area contributed by atoms with Gasteiger partial charge in [-0.25, -0.2) is 0 Å². The Labute approximate surface area is 175 Å². The van der Waals surface area contributed by atoms with Crippen molar-refractivity contribution < 1.29 is 24.2 Å². The number of carbonyl (C=O) groups excluding carboxylic acids is 3. The zero-order valence-electron chi connectivity index (χ0n) is 17.1. The fourth-order valence-electron chi connectivity index (χ4n) is 5.32. The zero-order valence-corrected chi connectivity index (χ0v) is 17.1. The van der Waals surface area contributed by atoms with E-state index in [0.717, 1.165) is 30.6 Å². The average molecular weight is 413 g/mol. The number of nitrogens with zero attached hydrogens (tertiary/aromatic N) is 2.